The molecule has 1 amide bonds. The molecule has 0 saturated heterocycles. The smallest absolute Gasteiger partial charge is 0.244 e. The molecule has 0 aliphatic rings. The molecule has 0 unspecified atom stereocenters. The lowest BCUT2D eigenvalue weighted by Gasteiger charge is -2.06. The Balaban J connectivity index is 1.92. The van der Waals surface area contributed by atoms with Crippen molar-refractivity contribution in [2.45, 2.75) is 5.03 Å². The van der Waals surface area contributed by atoms with Crippen molar-refractivity contribution in [2.75, 3.05) is 5.75 Å². The van der Waals surface area contributed by atoms with Crippen molar-refractivity contribution >= 4 is 40.3 Å². The van der Waals surface area contributed by atoms with Crippen molar-refractivity contribution in [1.82, 2.24) is 20.0 Å². The second kappa shape index (κ2) is 8.02. The number of hydrogen-bond donors (Lipinski definition) is 2. The van der Waals surface area contributed by atoms with Gasteiger partial charge in [0, 0.05) is 22.5 Å². The third kappa shape index (κ3) is 3.60. The van der Waals surface area contributed by atoms with Crippen LogP contribution in [-0.2, 0) is 4.79 Å². The number of amides is 1. The van der Waals surface area contributed by atoms with Gasteiger partial charge in [-0.15, -0.1) is 0 Å². The number of rotatable bonds is 5. The van der Waals surface area contributed by atoms with Crippen LogP contribution in [0.2, 0.25) is 5.02 Å². The Morgan fingerprint density at radius 3 is 2.57 bits per heavy atom. The second-order valence-corrected chi connectivity index (χ2v) is 7.39. The van der Waals surface area contributed by atoms with E-state index >= 15 is 0 Å². The minimum atomic E-state index is -0.268. The summed E-state index contributed by atoms with van der Waals surface area (Å²) in [5, 5.41) is 2.28. The average molecular weight is 410 g/mol. The zero-order valence-corrected chi connectivity index (χ0v) is 16.2. The van der Waals surface area contributed by atoms with E-state index in [1.54, 1.807) is 0 Å². The van der Waals surface area contributed by atoms with Gasteiger partial charge in [0.2, 0.25) is 5.91 Å². The van der Waals surface area contributed by atoms with Gasteiger partial charge >= 0.3 is 0 Å². The average Bonchev–Trinajstić information content (AvgIpc) is 3.13. The van der Waals surface area contributed by atoms with Crippen molar-refractivity contribution in [3.63, 3.8) is 0 Å². The molecule has 4 rings (SSSR count). The lowest BCUT2D eigenvalue weighted by molar-refractivity contribution is -0.118. The van der Waals surface area contributed by atoms with E-state index in [0.29, 0.717) is 5.02 Å². The number of nitrogens with zero attached hydrogens (tertiary/aromatic N) is 3. The van der Waals surface area contributed by atoms with Gasteiger partial charge in [-0.05, 0) is 29.8 Å². The number of fused-ring (bicyclic) bond motifs is 1. The van der Waals surface area contributed by atoms with Crippen LogP contribution in [0.4, 0.5) is 0 Å². The molecule has 4 aromatic rings. The van der Waals surface area contributed by atoms with Crippen LogP contribution < -0.4 is 11.3 Å². The third-order valence-electron chi connectivity index (χ3n) is 4.24. The molecule has 0 fully saturated rings. The first-order chi connectivity index (χ1) is 13.7. The number of halogens is 1. The number of thioether (sulfide) groups is 1. The number of hydrazine groups is 1. The molecule has 0 saturated carbocycles. The lowest BCUT2D eigenvalue weighted by Crippen LogP contribution is -2.31. The van der Waals surface area contributed by atoms with Gasteiger partial charge in [-0.1, -0.05) is 53.7 Å². The first kappa shape index (κ1) is 18.5. The molecule has 0 spiro atoms. The largest absolute Gasteiger partial charge is 0.301 e. The topological polar surface area (TPSA) is 85.8 Å². The molecule has 2 heterocycles. The Labute approximate surface area is 170 Å². The number of carbonyl (C=O) groups is 1. The van der Waals surface area contributed by atoms with Crippen LogP contribution in [0.3, 0.4) is 0 Å². The molecule has 0 radical (unpaired) electrons. The molecule has 2 aromatic carbocycles. The van der Waals surface area contributed by atoms with Gasteiger partial charge in [-0.2, -0.15) is 0 Å². The monoisotopic (exact) mass is 409 g/mol. The molecule has 2 aromatic heterocycles. The van der Waals surface area contributed by atoms with E-state index in [2.05, 4.69) is 15.4 Å². The van der Waals surface area contributed by atoms with Gasteiger partial charge in [-0.3, -0.25) is 10.2 Å². The lowest BCUT2D eigenvalue weighted by atomic mass is 10.1. The summed E-state index contributed by atoms with van der Waals surface area (Å²) >= 11 is 7.37. The van der Waals surface area contributed by atoms with Crippen LogP contribution in [0.25, 0.3) is 27.8 Å². The van der Waals surface area contributed by atoms with Crippen molar-refractivity contribution in [3.05, 3.63) is 72.1 Å². The van der Waals surface area contributed by atoms with Crippen molar-refractivity contribution in [1.29, 1.82) is 0 Å². The minimum absolute atomic E-state index is 0.170. The normalized spacial score (nSPS) is 10.9. The first-order valence-corrected chi connectivity index (χ1v) is 9.83. The maximum absolute atomic E-state index is 11.6. The second-order valence-electron chi connectivity index (χ2n) is 5.99. The summed E-state index contributed by atoms with van der Waals surface area (Å²) in [5.41, 5.74) is 5.87. The number of carbonyl (C=O) groups excluding carboxylic acids is 1. The van der Waals surface area contributed by atoms with Gasteiger partial charge in [0.15, 0.2) is 0 Å². The molecule has 140 valence electrons. The maximum atomic E-state index is 11.6. The van der Waals surface area contributed by atoms with Gasteiger partial charge in [0.05, 0.1) is 11.1 Å². The van der Waals surface area contributed by atoms with Crippen LogP contribution in [0.5, 0.6) is 0 Å². The maximum Gasteiger partial charge on any atom is 0.244 e. The molecule has 3 N–H and O–H groups in total. The van der Waals surface area contributed by atoms with E-state index in [9.17, 15) is 4.79 Å². The SMILES string of the molecule is NNC(=O)CSc1ncnc2c1c(-c1ccccc1)cn2-c1ccc(Cl)cc1. The quantitative estimate of drug-likeness (QED) is 0.172. The van der Waals surface area contributed by atoms with E-state index in [4.69, 9.17) is 17.4 Å². The van der Waals surface area contributed by atoms with Gasteiger partial charge in [0.25, 0.3) is 0 Å². The highest BCUT2D eigenvalue weighted by atomic mass is 35.5. The minimum Gasteiger partial charge on any atom is -0.301 e. The summed E-state index contributed by atoms with van der Waals surface area (Å²) in [6, 6.07) is 17.6. The Morgan fingerprint density at radius 2 is 1.86 bits per heavy atom. The molecule has 28 heavy (non-hydrogen) atoms. The molecule has 0 aliphatic heterocycles. The van der Waals surface area contributed by atoms with Gasteiger partial charge in [-0.25, -0.2) is 15.8 Å². The van der Waals surface area contributed by atoms with Crippen LogP contribution >= 0.6 is 23.4 Å². The first-order valence-electron chi connectivity index (χ1n) is 8.47. The Bertz CT molecular complexity index is 1130. The van der Waals surface area contributed by atoms with E-state index in [0.717, 1.165) is 32.9 Å². The summed E-state index contributed by atoms with van der Waals surface area (Å²) in [6.07, 6.45) is 3.54. The van der Waals surface area contributed by atoms with E-state index < -0.39 is 0 Å². The third-order valence-corrected chi connectivity index (χ3v) is 5.48. The number of benzene rings is 2. The fourth-order valence-electron chi connectivity index (χ4n) is 2.95. The molecule has 6 nitrogen and oxygen atoms in total. The highest BCUT2D eigenvalue weighted by Crippen LogP contribution is 2.36. The number of nitrogens with two attached hydrogens (primary N) is 1. The van der Waals surface area contributed by atoms with Crippen molar-refractivity contribution < 1.29 is 4.79 Å². The summed E-state index contributed by atoms with van der Waals surface area (Å²) in [6.45, 7) is 0. The zero-order valence-electron chi connectivity index (χ0n) is 14.7. The predicted molar refractivity (Wildman–Crippen MR) is 112 cm³/mol. The Hall–Kier alpha value is -2.87. The van der Waals surface area contributed by atoms with E-state index in [1.807, 2.05) is 65.4 Å². The zero-order chi connectivity index (χ0) is 19.5. The number of hydrogen-bond acceptors (Lipinski definition) is 5. The highest BCUT2D eigenvalue weighted by Gasteiger charge is 2.18. The van der Waals surface area contributed by atoms with Crippen molar-refractivity contribution in [3.8, 4) is 16.8 Å². The van der Waals surface area contributed by atoms with Crippen LogP contribution in [0, 0.1) is 0 Å². The predicted octanol–water partition coefficient (Wildman–Crippen LogP) is 3.82. The van der Waals surface area contributed by atoms with E-state index in [1.165, 1.54) is 18.1 Å². The molecule has 0 bridgehead atoms. The highest BCUT2D eigenvalue weighted by molar-refractivity contribution is 8.00. The van der Waals surface area contributed by atoms with E-state index in [-0.39, 0.29) is 11.7 Å². The molecule has 8 heteroatoms. The Kier molecular flexibility index (Phi) is 5.29. The van der Waals surface area contributed by atoms with Crippen LogP contribution in [0.15, 0.2) is 72.1 Å². The summed E-state index contributed by atoms with van der Waals surface area (Å²) in [4.78, 5) is 20.5. The summed E-state index contributed by atoms with van der Waals surface area (Å²) < 4.78 is 2.00. The van der Waals surface area contributed by atoms with Gasteiger partial charge < -0.3 is 4.57 Å². The van der Waals surface area contributed by atoms with Crippen LogP contribution in [0.1, 0.15) is 0 Å². The molecule has 0 aliphatic carbocycles. The molecular formula is C20H16ClN5OS. The Morgan fingerprint density at radius 1 is 1.11 bits per heavy atom. The summed E-state index contributed by atoms with van der Waals surface area (Å²) in [5.74, 6) is 5.10. The number of nitrogens with one attached hydrogen (secondary N) is 1. The van der Waals surface area contributed by atoms with Crippen molar-refractivity contribution in [2.24, 2.45) is 5.84 Å². The standard InChI is InChI=1S/C20H16ClN5OS/c21-14-6-8-15(9-7-14)26-10-16(13-4-2-1-3-5-13)18-19(26)23-12-24-20(18)28-11-17(27)25-22/h1-10,12H,11,22H2,(H,25,27). The fraction of sp³-hybridized carbons (Fsp3) is 0.0500. The molecule has 0 atom stereocenters. The fourth-order valence-corrected chi connectivity index (χ4v) is 3.90. The van der Waals surface area contributed by atoms with Crippen LogP contribution in [-0.4, -0.2) is 26.2 Å². The summed E-state index contributed by atoms with van der Waals surface area (Å²) in [7, 11) is 0. The number of aromatic nitrogens is 3. The van der Waals surface area contributed by atoms with Gasteiger partial charge in [0.1, 0.15) is 17.0 Å². The molecular weight excluding hydrogens is 394 g/mol.